The zero-order valence-electron chi connectivity index (χ0n) is 10.5. The van der Waals surface area contributed by atoms with Gasteiger partial charge in [-0.1, -0.05) is 24.3 Å². The predicted octanol–water partition coefficient (Wildman–Crippen LogP) is 2.79. The lowest BCUT2D eigenvalue weighted by molar-refractivity contribution is 0.574. The summed E-state index contributed by atoms with van der Waals surface area (Å²) in [6.45, 7) is 2.16. The first kappa shape index (κ1) is 11.5. The summed E-state index contributed by atoms with van der Waals surface area (Å²) in [5, 5.41) is 9.44. The van der Waals surface area contributed by atoms with Crippen LogP contribution in [0.15, 0.2) is 36.5 Å². The van der Waals surface area contributed by atoms with Gasteiger partial charge in [-0.25, -0.2) is 4.98 Å². The Morgan fingerprint density at radius 2 is 2.22 bits per heavy atom. The zero-order chi connectivity index (χ0) is 12.2. The fraction of sp³-hybridized carbons (Fsp3) is 0.400. The van der Waals surface area contributed by atoms with E-state index in [9.17, 15) is 0 Å². The molecule has 1 saturated heterocycles. The third kappa shape index (κ3) is 2.46. The van der Waals surface area contributed by atoms with Crippen LogP contribution in [0.2, 0.25) is 0 Å². The summed E-state index contributed by atoms with van der Waals surface area (Å²) in [6, 6.07) is 11.1. The van der Waals surface area contributed by atoms with Gasteiger partial charge in [-0.05, 0) is 37.3 Å². The van der Waals surface area contributed by atoms with Crippen molar-refractivity contribution in [3.05, 3.63) is 36.5 Å². The predicted molar refractivity (Wildman–Crippen MR) is 75.9 cm³/mol. The lowest BCUT2D eigenvalue weighted by atomic mass is 10.1. The van der Waals surface area contributed by atoms with Gasteiger partial charge in [-0.3, -0.25) is 0 Å². The summed E-state index contributed by atoms with van der Waals surface area (Å²) in [5.74, 6) is 1.01. The van der Waals surface area contributed by atoms with E-state index >= 15 is 0 Å². The summed E-state index contributed by atoms with van der Waals surface area (Å²) in [5.41, 5.74) is 0. The van der Waals surface area contributed by atoms with Gasteiger partial charge < -0.3 is 10.6 Å². The van der Waals surface area contributed by atoms with Gasteiger partial charge in [0, 0.05) is 24.2 Å². The minimum absolute atomic E-state index is 0.687. The van der Waals surface area contributed by atoms with Crippen molar-refractivity contribution in [2.24, 2.45) is 0 Å². The Morgan fingerprint density at radius 1 is 1.28 bits per heavy atom. The van der Waals surface area contributed by atoms with E-state index in [0.717, 1.165) is 12.4 Å². The molecule has 2 heterocycles. The van der Waals surface area contributed by atoms with Gasteiger partial charge in [0.25, 0.3) is 0 Å². The average Bonchev–Trinajstić information content (AvgIpc) is 2.92. The average molecular weight is 241 g/mol. The van der Waals surface area contributed by atoms with E-state index in [-0.39, 0.29) is 0 Å². The summed E-state index contributed by atoms with van der Waals surface area (Å²) in [6.07, 6.45) is 5.67. The lowest BCUT2D eigenvalue weighted by Crippen LogP contribution is -2.24. The molecule has 0 aliphatic carbocycles. The van der Waals surface area contributed by atoms with Crippen LogP contribution in [-0.4, -0.2) is 24.1 Å². The molecule has 2 aromatic rings. The molecule has 1 aliphatic rings. The Morgan fingerprint density at radius 3 is 3.11 bits per heavy atom. The van der Waals surface area contributed by atoms with E-state index < -0.39 is 0 Å². The number of anilines is 1. The second kappa shape index (κ2) is 5.36. The number of rotatable bonds is 4. The van der Waals surface area contributed by atoms with Crippen LogP contribution in [-0.2, 0) is 0 Å². The molecule has 18 heavy (non-hydrogen) atoms. The number of hydrogen-bond acceptors (Lipinski definition) is 3. The van der Waals surface area contributed by atoms with Crippen molar-refractivity contribution in [2.45, 2.75) is 25.3 Å². The number of aromatic nitrogens is 1. The zero-order valence-corrected chi connectivity index (χ0v) is 10.5. The Labute approximate surface area is 108 Å². The van der Waals surface area contributed by atoms with Crippen molar-refractivity contribution in [1.82, 2.24) is 10.3 Å². The van der Waals surface area contributed by atoms with Crippen LogP contribution >= 0.6 is 0 Å². The molecule has 2 N–H and O–H groups in total. The van der Waals surface area contributed by atoms with Crippen molar-refractivity contribution in [3.8, 4) is 0 Å². The fourth-order valence-corrected chi connectivity index (χ4v) is 2.63. The van der Waals surface area contributed by atoms with Gasteiger partial charge in [0.05, 0.1) is 0 Å². The third-order valence-corrected chi connectivity index (χ3v) is 3.62. The molecule has 0 saturated carbocycles. The molecule has 0 spiro atoms. The number of nitrogens with zero attached hydrogens (tertiary/aromatic N) is 1. The Hall–Kier alpha value is -1.61. The van der Waals surface area contributed by atoms with Gasteiger partial charge in [0.2, 0.25) is 0 Å². The maximum absolute atomic E-state index is 4.44. The molecule has 0 radical (unpaired) electrons. The van der Waals surface area contributed by atoms with Gasteiger partial charge in [-0.15, -0.1) is 0 Å². The molecular formula is C15H19N3. The minimum atomic E-state index is 0.687. The van der Waals surface area contributed by atoms with Crippen molar-refractivity contribution < 1.29 is 0 Å². The standard InChI is InChI=1S/C15H19N3/c1-2-6-14-12(4-1)7-10-17-15(14)18-11-8-13-5-3-9-16-13/h1-2,4,6-7,10,13,16H,3,5,8-9,11H2,(H,17,18)/t13-/m1/s1. The Balaban J connectivity index is 1.66. The number of nitrogens with one attached hydrogen (secondary N) is 2. The summed E-state index contributed by atoms with van der Waals surface area (Å²) >= 11 is 0. The second-order valence-electron chi connectivity index (χ2n) is 4.89. The van der Waals surface area contributed by atoms with Crippen molar-refractivity contribution >= 4 is 16.6 Å². The van der Waals surface area contributed by atoms with Crippen LogP contribution in [0, 0.1) is 0 Å². The molecule has 3 nitrogen and oxygen atoms in total. The first-order valence-electron chi connectivity index (χ1n) is 6.74. The quantitative estimate of drug-likeness (QED) is 0.864. The van der Waals surface area contributed by atoms with E-state index in [2.05, 4.69) is 45.9 Å². The van der Waals surface area contributed by atoms with Crippen LogP contribution in [0.25, 0.3) is 10.8 Å². The van der Waals surface area contributed by atoms with Crippen molar-refractivity contribution in [1.29, 1.82) is 0 Å². The fourth-order valence-electron chi connectivity index (χ4n) is 2.63. The van der Waals surface area contributed by atoms with Crippen LogP contribution in [0.4, 0.5) is 5.82 Å². The highest BCUT2D eigenvalue weighted by Gasteiger charge is 2.13. The Kier molecular flexibility index (Phi) is 3.42. The van der Waals surface area contributed by atoms with E-state index in [1.807, 2.05) is 6.20 Å². The molecule has 1 aromatic heterocycles. The van der Waals surface area contributed by atoms with Gasteiger partial charge in [-0.2, -0.15) is 0 Å². The largest absolute Gasteiger partial charge is 0.370 e. The molecular weight excluding hydrogens is 222 g/mol. The summed E-state index contributed by atoms with van der Waals surface area (Å²) in [4.78, 5) is 4.44. The lowest BCUT2D eigenvalue weighted by Gasteiger charge is -2.12. The van der Waals surface area contributed by atoms with Crippen LogP contribution in [0.5, 0.6) is 0 Å². The normalized spacial score (nSPS) is 19.2. The minimum Gasteiger partial charge on any atom is -0.370 e. The van der Waals surface area contributed by atoms with E-state index in [4.69, 9.17) is 0 Å². The van der Waals surface area contributed by atoms with Crippen LogP contribution in [0.3, 0.4) is 0 Å². The highest BCUT2D eigenvalue weighted by atomic mass is 15.0. The molecule has 0 unspecified atom stereocenters. The van der Waals surface area contributed by atoms with Gasteiger partial charge >= 0.3 is 0 Å². The molecule has 0 amide bonds. The number of benzene rings is 1. The molecule has 1 aromatic carbocycles. The monoisotopic (exact) mass is 241 g/mol. The molecule has 3 heteroatoms. The Bertz CT molecular complexity index is 513. The summed E-state index contributed by atoms with van der Waals surface area (Å²) < 4.78 is 0. The van der Waals surface area contributed by atoms with Crippen molar-refractivity contribution in [2.75, 3.05) is 18.4 Å². The second-order valence-corrected chi connectivity index (χ2v) is 4.89. The highest BCUT2D eigenvalue weighted by Crippen LogP contribution is 2.20. The van der Waals surface area contributed by atoms with E-state index in [0.29, 0.717) is 6.04 Å². The highest BCUT2D eigenvalue weighted by molar-refractivity contribution is 5.91. The molecule has 1 atom stereocenters. The molecule has 0 bridgehead atoms. The summed E-state index contributed by atoms with van der Waals surface area (Å²) in [7, 11) is 0. The SMILES string of the molecule is c1ccc2c(NCC[C@H]3CCCN3)nccc2c1. The smallest absolute Gasteiger partial charge is 0.133 e. The molecule has 3 rings (SSSR count). The first-order chi connectivity index (χ1) is 8.93. The third-order valence-electron chi connectivity index (χ3n) is 3.62. The number of fused-ring (bicyclic) bond motifs is 1. The van der Waals surface area contributed by atoms with Gasteiger partial charge in [0.1, 0.15) is 5.82 Å². The van der Waals surface area contributed by atoms with Crippen LogP contribution < -0.4 is 10.6 Å². The van der Waals surface area contributed by atoms with Crippen LogP contribution in [0.1, 0.15) is 19.3 Å². The first-order valence-corrected chi connectivity index (χ1v) is 6.74. The van der Waals surface area contributed by atoms with E-state index in [1.165, 1.54) is 36.6 Å². The number of hydrogen-bond donors (Lipinski definition) is 2. The molecule has 1 aliphatic heterocycles. The number of pyridine rings is 1. The van der Waals surface area contributed by atoms with Gasteiger partial charge in [0.15, 0.2) is 0 Å². The molecule has 1 fully saturated rings. The van der Waals surface area contributed by atoms with E-state index in [1.54, 1.807) is 0 Å². The van der Waals surface area contributed by atoms with Crippen molar-refractivity contribution in [3.63, 3.8) is 0 Å². The maximum atomic E-state index is 4.44. The molecule has 94 valence electrons. The maximum Gasteiger partial charge on any atom is 0.133 e. The topological polar surface area (TPSA) is 37.0 Å².